The van der Waals surface area contributed by atoms with Gasteiger partial charge in [-0.15, -0.1) is 0 Å². The predicted molar refractivity (Wildman–Crippen MR) is 43.2 cm³/mol. The molecule has 0 aromatic heterocycles. The van der Waals surface area contributed by atoms with Crippen LogP contribution in [-0.2, 0) is 6.42 Å². The molecule has 0 heterocycles. The topological polar surface area (TPSA) is 20.2 Å². The molecule has 1 nitrogen and oxygen atoms in total. The molecule has 0 aliphatic heterocycles. The molecule has 0 bridgehead atoms. The van der Waals surface area contributed by atoms with Crippen LogP contribution in [0.15, 0.2) is 24.3 Å². The summed E-state index contributed by atoms with van der Waals surface area (Å²) in [6, 6.07) is 7.31. The first-order valence-corrected chi connectivity index (χ1v) is 3.11. The molecule has 49 valence electrons. The van der Waals surface area contributed by atoms with E-state index in [1.54, 1.807) is 12.1 Å². The molecule has 1 radical (unpaired) electrons. The first-order valence-electron chi connectivity index (χ1n) is 3.11. The maximum atomic E-state index is 8.94. The second-order valence-corrected chi connectivity index (χ2v) is 2.02. The molecular weight excluding hydrogens is 151 g/mol. The van der Waals surface area contributed by atoms with Crippen LogP contribution in [0.1, 0.15) is 12.5 Å². The normalized spacial score (nSPS) is 8.50. The van der Waals surface area contributed by atoms with Crippen LogP contribution in [-0.4, -0.2) is 56.5 Å². The van der Waals surface area contributed by atoms with E-state index in [2.05, 4.69) is 6.92 Å². The number of hydrogen-bond donors (Lipinski definition) is 1. The zero-order valence-electron chi connectivity index (χ0n) is 6.46. The third-order valence-corrected chi connectivity index (χ3v) is 1.32. The van der Waals surface area contributed by atoms with Gasteiger partial charge in [0.05, 0.1) is 0 Å². The van der Waals surface area contributed by atoms with Crippen molar-refractivity contribution in [3.63, 3.8) is 0 Å². The van der Waals surface area contributed by atoms with Gasteiger partial charge in [0.15, 0.2) is 0 Å². The minimum Gasteiger partial charge on any atom is -0.508 e. The molecule has 0 atom stereocenters. The van der Waals surface area contributed by atoms with Gasteiger partial charge in [-0.1, -0.05) is 19.1 Å². The summed E-state index contributed by atoms with van der Waals surface area (Å²) in [5.74, 6) is 0.356. The minimum atomic E-state index is 0. The van der Waals surface area contributed by atoms with Crippen molar-refractivity contribution in [1.29, 1.82) is 0 Å². The molecule has 2 heteroatoms. The number of phenolic OH excluding ortho intramolecular Hbond substituents is 1. The van der Waals surface area contributed by atoms with E-state index in [4.69, 9.17) is 5.11 Å². The molecule has 0 amide bonds. The Morgan fingerprint density at radius 3 is 2.50 bits per heavy atom. The zero-order chi connectivity index (χ0) is 6.69. The molecule has 0 aliphatic rings. The summed E-state index contributed by atoms with van der Waals surface area (Å²) in [6.07, 6.45) is 0.981. The zero-order valence-corrected chi connectivity index (χ0v) is 9.59. The number of aromatic hydroxyl groups is 1. The summed E-state index contributed by atoms with van der Waals surface area (Å²) in [7, 11) is 0. The van der Waals surface area contributed by atoms with Gasteiger partial charge in [-0.25, -0.2) is 0 Å². The average Bonchev–Trinajstić information content (AvgIpc) is 1.88. The van der Waals surface area contributed by atoms with Gasteiger partial charge < -0.3 is 5.11 Å². The average molecular weight is 161 g/mol. The molecule has 0 aliphatic carbocycles. The van der Waals surface area contributed by atoms with Crippen molar-refractivity contribution in [2.75, 3.05) is 0 Å². The summed E-state index contributed by atoms with van der Waals surface area (Å²) in [6.45, 7) is 2.06. The van der Waals surface area contributed by atoms with E-state index in [1.165, 1.54) is 5.56 Å². The summed E-state index contributed by atoms with van der Waals surface area (Å²) in [4.78, 5) is 0. The van der Waals surface area contributed by atoms with Crippen molar-refractivity contribution in [3.05, 3.63) is 29.8 Å². The standard InChI is InChI=1S/C8H10O.K/c1-2-7-4-3-5-8(9)6-7;/h3-6,9H,2H2,1H3;. The fraction of sp³-hybridized carbons (Fsp3) is 0.250. The second kappa shape index (κ2) is 5.33. The van der Waals surface area contributed by atoms with Gasteiger partial charge in [0.2, 0.25) is 0 Å². The van der Waals surface area contributed by atoms with Gasteiger partial charge in [0, 0.05) is 51.4 Å². The molecular formula is C8H10KO. The molecule has 0 spiro atoms. The Hall–Kier alpha value is 0.656. The summed E-state index contributed by atoms with van der Waals surface area (Å²) < 4.78 is 0. The van der Waals surface area contributed by atoms with E-state index in [0.717, 1.165) is 6.42 Å². The van der Waals surface area contributed by atoms with E-state index < -0.39 is 0 Å². The fourth-order valence-electron chi connectivity index (χ4n) is 0.776. The smallest absolute Gasteiger partial charge is 0.115 e. The number of rotatable bonds is 1. The number of benzene rings is 1. The summed E-state index contributed by atoms with van der Waals surface area (Å²) >= 11 is 0. The minimum absolute atomic E-state index is 0. The van der Waals surface area contributed by atoms with Crippen LogP contribution in [0.5, 0.6) is 5.75 Å². The molecule has 1 rings (SSSR count). The predicted octanol–water partition coefficient (Wildman–Crippen LogP) is 1.57. The molecule has 1 N–H and O–H groups in total. The molecule has 1 aromatic rings. The number of aryl methyl sites for hydroxylation is 1. The van der Waals surface area contributed by atoms with E-state index >= 15 is 0 Å². The molecule has 0 saturated carbocycles. The van der Waals surface area contributed by atoms with Crippen LogP contribution in [0.2, 0.25) is 0 Å². The maximum Gasteiger partial charge on any atom is 0.115 e. The Kier molecular flexibility index (Phi) is 5.68. The Morgan fingerprint density at radius 1 is 1.40 bits per heavy atom. The molecule has 0 fully saturated rings. The number of hydrogen-bond acceptors (Lipinski definition) is 1. The van der Waals surface area contributed by atoms with Crippen LogP contribution >= 0.6 is 0 Å². The van der Waals surface area contributed by atoms with Crippen molar-refractivity contribution in [3.8, 4) is 5.75 Å². The van der Waals surface area contributed by atoms with Crippen LogP contribution in [0, 0.1) is 0 Å². The van der Waals surface area contributed by atoms with Crippen molar-refractivity contribution >= 4 is 51.4 Å². The second-order valence-electron chi connectivity index (χ2n) is 2.02. The Bertz CT molecular complexity index is 198. The first-order chi connectivity index (χ1) is 4.33. The van der Waals surface area contributed by atoms with Gasteiger partial charge in [-0.3, -0.25) is 0 Å². The van der Waals surface area contributed by atoms with E-state index in [1.807, 2.05) is 12.1 Å². The Balaban J connectivity index is 0.000000810. The largest absolute Gasteiger partial charge is 0.508 e. The fourth-order valence-corrected chi connectivity index (χ4v) is 0.776. The molecule has 0 unspecified atom stereocenters. The van der Waals surface area contributed by atoms with Crippen LogP contribution < -0.4 is 0 Å². The van der Waals surface area contributed by atoms with Gasteiger partial charge >= 0.3 is 0 Å². The third-order valence-electron chi connectivity index (χ3n) is 1.32. The summed E-state index contributed by atoms with van der Waals surface area (Å²) in [5.41, 5.74) is 1.18. The third kappa shape index (κ3) is 3.17. The Morgan fingerprint density at radius 2 is 2.10 bits per heavy atom. The quantitative estimate of drug-likeness (QED) is 0.620. The SMILES string of the molecule is CCc1cccc(O)c1.[K]. The van der Waals surface area contributed by atoms with Crippen molar-refractivity contribution in [1.82, 2.24) is 0 Å². The number of phenols is 1. The van der Waals surface area contributed by atoms with E-state index in [0.29, 0.717) is 5.75 Å². The first kappa shape index (κ1) is 10.7. The monoisotopic (exact) mass is 161 g/mol. The van der Waals surface area contributed by atoms with Crippen molar-refractivity contribution < 1.29 is 5.11 Å². The molecule has 1 aromatic carbocycles. The van der Waals surface area contributed by atoms with Crippen LogP contribution in [0.3, 0.4) is 0 Å². The molecule has 0 saturated heterocycles. The Labute approximate surface area is 104 Å². The summed E-state index contributed by atoms with van der Waals surface area (Å²) in [5, 5.41) is 8.94. The van der Waals surface area contributed by atoms with Gasteiger partial charge in [-0.2, -0.15) is 0 Å². The van der Waals surface area contributed by atoms with Crippen LogP contribution in [0.4, 0.5) is 0 Å². The van der Waals surface area contributed by atoms with Crippen LogP contribution in [0.25, 0.3) is 0 Å². The van der Waals surface area contributed by atoms with Gasteiger partial charge in [0.25, 0.3) is 0 Å². The van der Waals surface area contributed by atoms with E-state index in [-0.39, 0.29) is 51.4 Å². The van der Waals surface area contributed by atoms with Gasteiger partial charge in [0.1, 0.15) is 5.75 Å². The maximum absolute atomic E-state index is 8.94. The molecule has 10 heavy (non-hydrogen) atoms. The van der Waals surface area contributed by atoms with E-state index in [9.17, 15) is 0 Å². The van der Waals surface area contributed by atoms with Crippen molar-refractivity contribution in [2.24, 2.45) is 0 Å². The van der Waals surface area contributed by atoms with Crippen molar-refractivity contribution in [2.45, 2.75) is 13.3 Å². The van der Waals surface area contributed by atoms with Gasteiger partial charge in [-0.05, 0) is 24.1 Å².